The number of nitrogens with one attached hydrogen (secondary N) is 2. The molecular formula is C15H21N3O5S. The highest BCUT2D eigenvalue weighted by Gasteiger charge is 2.28. The number of ether oxygens (including phenoxy) is 1. The van der Waals surface area contributed by atoms with Gasteiger partial charge in [-0.15, -0.1) is 0 Å². The second kappa shape index (κ2) is 7.73. The molecule has 2 atom stereocenters. The summed E-state index contributed by atoms with van der Waals surface area (Å²) in [6.45, 7) is -0.463. The lowest BCUT2D eigenvalue weighted by Gasteiger charge is -2.12. The SMILES string of the molecule is COC(=O)CNS(=O)(=O)c1cccc(NC(=O)C2CCC(N)C2)c1. The molecule has 2 rings (SSSR count). The fourth-order valence-corrected chi connectivity index (χ4v) is 3.56. The highest BCUT2D eigenvalue weighted by Crippen LogP contribution is 2.26. The van der Waals surface area contributed by atoms with E-state index in [9.17, 15) is 18.0 Å². The first-order valence-electron chi connectivity index (χ1n) is 7.55. The Morgan fingerprint density at radius 3 is 2.71 bits per heavy atom. The maximum Gasteiger partial charge on any atom is 0.320 e. The topological polar surface area (TPSA) is 128 Å². The molecule has 132 valence electrons. The first-order chi connectivity index (χ1) is 11.3. The minimum Gasteiger partial charge on any atom is -0.468 e. The van der Waals surface area contributed by atoms with Crippen LogP contribution in [0.25, 0.3) is 0 Å². The molecule has 1 aliphatic carbocycles. The van der Waals surface area contributed by atoms with Crippen LogP contribution in [0.2, 0.25) is 0 Å². The normalized spacial score (nSPS) is 20.6. The van der Waals surface area contributed by atoms with Gasteiger partial charge in [-0.2, -0.15) is 4.72 Å². The van der Waals surface area contributed by atoms with E-state index < -0.39 is 22.5 Å². The minimum atomic E-state index is -3.87. The van der Waals surface area contributed by atoms with E-state index in [1.165, 1.54) is 25.3 Å². The summed E-state index contributed by atoms with van der Waals surface area (Å²) in [6.07, 6.45) is 2.17. The van der Waals surface area contributed by atoms with Gasteiger partial charge < -0.3 is 15.8 Å². The fourth-order valence-electron chi connectivity index (χ4n) is 2.55. The van der Waals surface area contributed by atoms with E-state index >= 15 is 0 Å². The van der Waals surface area contributed by atoms with Crippen LogP contribution in [0.3, 0.4) is 0 Å². The molecule has 0 spiro atoms. The summed E-state index contributed by atoms with van der Waals surface area (Å²) < 4.78 is 30.8. The molecule has 0 aromatic heterocycles. The summed E-state index contributed by atoms with van der Waals surface area (Å²) in [5.41, 5.74) is 6.18. The number of hydrogen-bond donors (Lipinski definition) is 3. The van der Waals surface area contributed by atoms with Crippen LogP contribution in [0.4, 0.5) is 5.69 Å². The Balaban J connectivity index is 2.05. The van der Waals surface area contributed by atoms with Crippen molar-refractivity contribution in [1.29, 1.82) is 0 Å². The van der Waals surface area contributed by atoms with Gasteiger partial charge in [0.05, 0.1) is 12.0 Å². The van der Waals surface area contributed by atoms with Gasteiger partial charge in [-0.1, -0.05) is 6.07 Å². The van der Waals surface area contributed by atoms with Gasteiger partial charge in [0, 0.05) is 17.6 Å². The summed E-state index contributed by atoms with van der Waals surface area (Å²) in [5, 5.41) is 2.71. The van der Waals surface area contributed by atoms with Crippen LogP contribution < -0.4 is 15.8 Å². The van der Waals surface area contributed by atoms with Gasteiger partial charge in [0.2, 0.25) is 15.9 Å². The fraction of sp³-hybridized carbons (Fsp3) is 0.467. The van der Waals surface area contributed by atoms with Gasteiger partial charge in [-0.3, -0.25) is 9.59 Å². The maximum atomic E-state index is 12.2. The Bertz CT molecular complexity index is 720. The van der Waals surface area contributed by atoms with Crippen molar-refractivity contribution in [2.45, 2.75) is 30.2 Å². The van der Waals surface area contributed by atoms with Gasteiger partial charge in [0.25, 0.3) is 0 Å². The average molecular weight is 355 g/mol. The van der Waals surface area contributed by atoms with E-state index in [4.69, 9.17) is 5.73 Å². The Morgan fingerprint density at radius 1 is 1.33 bits per heavy atom. The number of hydrogen-bond acceptors (Lipinski definition) is 6. The van der Waals surface area contributed by atoms with Crippen molar-refractivity contribution in [2.24, 2.45) is 11.7 Å². The van der Waals surface area contributed by atoms with Gasteiger partial charge in [-0.25, -0.2) is 8.42 Å². The Kier molecular flexibility index (Phi) is 5.92. The van der Waals surface area contributed by atoms with Crippen molar-refractivity contribution in [3.8, 4) is 0 Å². The van der Waals surface area contributed by atoms with Crippen molar-refractivity contribution in [3.05, 3.63) is 24.3 Å². The van der Waals surface area contributed by atoms with E-state index in [0.717, 1.165) is 12.8 Å². The van der Waals surface area contributed by atoms with Crippen LogP contribution in [0, 0.1) is 5.92 Å². The minimum absolute atomic E-state index is 0.0370. The number of benzene rings is 1. The molecule has 0 heterocycles. The van der Waals surface area contributed by atoms with E-state index in [-0.39, 0.29) is 22.8 Å². The number of nitrogens with two attached hydrogens (primary N) is 1. The summed E-state index contributed by atoms with van der Waals surface area (Å²) in [7, 11) is -2.71. The van der Waals surface area contributed by atoms with E-state index in [0.29, 0.717) is 12.1 Å². The van der Waals surface area contributed by atoms with Crippen LogP contribution in [-0.2, 0) is 24.3 Å². The second-order valence-corrected chi connectivity index (χ2v) is 7.45. The Morgan fingerprint density at radius 2 is 2.08 bits per heavy atom. The molecule has 1 aliphatic rings. The highest BCUT2D eigenvalue weighted by molar-refractivity contribution is 7.89. The zero-order chi connectivity index (χ0) is 17.7. The Labute approximate surface area is 140 Å². The predicted octanol–water partition coefficient (Wildman–Crippen LogP) is 0.204. The number of methoxy groups -OCH3 is 1. The second-order valence-electron chi connectivity index (χ2n) is 5.69. The lowest BCUT2D eigenvalue weighted by molar-refractivity contribution is -0.139. The van der Waals surface area contributed by atoms with Crippen LogP contribution in [0.15, 0.2) is 29.2 Å². The molecule has 1 saturated carbocycles. The van der Waals surface area contributed by atoms with Crippen LogP contribution in [0.1, 0.15) is 19.3 Å². The molecule has 1 aromatic carbocycles. The van der Waals surface area contributed by atoms with Gasteiger partial charge in [-0.05, 0) is 37.5 Å². The number of sulfonamides is 1. The molecule has 8 nitrogen and oxygen atoms in total. The molecule has 1 fully saturated rings. The zero-order valence-corrected chi connectivity index (χ0v) is 14.1. The largest absolute Gasteiger partial charge is 0.468 e. The van der Waals surface area contributed by atoms with Crippen molar-refractivity contribution >= 4 is 27.6 Å². The number of amides is 1. The lowest BCUT2D eigenvalue weighted by atomic mass is 10.1. The highest BCUT2D eigenvalue weighted by atomic mass is 32.2. The molecule has 0 saturated heterocycles. The smallest absolute Gasteiger partial charge is 0.320 e. The quantitative estimate of drug-likeness (QED) is 0.626. The van der Waals surface area contributed by atoms with Gasteiger partial charge in [0.1, 0.15) is 6.54 Å². The number of rotatable bonds is 6. The number of anilines is 1. The summed E-state index contributed by atoms with van der Waals surface area (Å²) in [5.74, 6) is -1.02. The van der Waals surface area contributed by atoms with Gasteiger partial charge >= 0.3 is 5.97 Å². The first-order valence-corrected chi connectivity index (χ1v) is 9.03. The Hall–Kier alpha value is -1.97. The summed E-state index contributed by atoms with van der Waals surface area (Å²) in [6, 6.07) is 5.87. The molecule has 2 unspecified atom stereocenters. The maximum absolute atomic E-state index is 12.2. The molecular weight excluding hydrogens is 334 g/mol. The molecule has 0 bridgehead atoms. The van der Waals surface area contributed by atoms with Crippen LogP contribution in [0.5, 0.6) is 0 Å². The zero-order valence-electron chi connectivity index (χ0n) is 13.3. The van der Waals surface area contributed by atoms with E-state index in [1.54, 1.807) is 6.07 Å². The van der Waals surface area contributed by atoms with Crippen molar-refractivity contribution in [1.82, 2.24) is 4.72 Å². The van der Waals surface area contributed by atoms with Crippen LogP contribution >= 0.6 is 0 Å². The third kappa shape index (κ3) is 4.76. The third-order valence-corrected chi connectivity index (χ3v) is 5.29. The molecule has 1 amide bonds. The summed E-state index contributed by atoms with van der Waals surface area (Å²) in [4.78, 5) is 23.2. The monoisotopic (exact) mass is 355 g/mol. The third-order valence-electron chi connectivity index (χ3n) is 3.89. The van der Waals surface area contributed by atoms with E-state index in [1.807, 2.05) is 0 Å². The number of carbonyl (C=O) groups excluding carboxylic acids is 2. The van der Waals surface area contributed by atoms with Crippen LogP contribution in [-0.4, -0.2) is 40.0 Å². The summed E-state index contributed by atoms with van der Waals surface area (Å²) >= 11 is 0. The predicted molar refractivity (Wildman–Crippen MR) is 87.6 cm³/mol. The van der Waals surface area contributed by atoms with Crippen molar-refractivity contribution in [2.75, 3.05) is 19.0 Å². The van der Waals surface area contributed by atoms with Gasteiger partial charge in [0.15, 0.2) is 0 Å². The van der Waals surface area contributed by atoms with E-state index in [2.05, 4.69) is 14.8 Å². The standard InChI is InChI=1S/C15H21N3O5S/c1-23-14(19)9-17-24(21,22)13-4-2-3-12(8-13)18-15(20)10-5-6-11(16)7-10/h2-4,8,10-11,17H,5-7,9,16H2,1H3,(H,18,20). The molecule has 1 aromatic rings. The van der Waals surface area contributed by atoms with Crippen molar-refractivity contribution < 1.29 is 22.7 Å². The molecule has 24 heavy (non-hydrogen) atoms. The number of carbonyl (C=O) groups is 2. The molecule has 0 radical (unpaired) electrons. The molecule has 9 heteroatoms. The average Bonchev–Trinajstić information content (AvgIpc) is 2.99. The molecule has 0 aliphatic heterocycles. The lowest BCUT2D eigenvalue weighted by Crippen LogP contribution is -2.30. The first kappa shape index (κ1) is 18.4. The van der Waals surface area contributed by atoms with Crippen molar-refractivity contribution in [3.63, 3.8) is 0 Å². The molecule has 4 N–H and O–H groups in total. The number of esters is 1.